The Morgan fingerprint density at radius 2 is 1.86 bits per heavy atom. The number of nitriles is 1. The Balaban J connectivity index is 2.53. The highest BCUT2D eigenvalue weighted by Gasteiger charge is 2.31. The van der Waals surface area contributed by atoms with Gasteiger partial charge in [-0.05, 0) is 23.8 Å². The van der Waals surface area contributed by atoms with Gasteiger partial charge in [0.1, 0.15) is 23.4 Å². The zero-order chi connectivity index (χ0) is 15.6. The molecule has 0 aliphatic carbocycles. The number of phenolic OH excluding ortho intramolecular Hbond substituents is 1. The van der Waals surface area contributed by atoms with Crippen LogP contribution >= 0.6 is 0 Å². The molecule has 0 aromatic heterocycles. The molecule has 108 valence electrons. The summed E-state index contributed by atoms with van der Waals surface area (Å²) in [6.07, 6.45) is -4.93. The SMILES string of the molecule is N#Cc1cccc(-c2cc(O)cc(OC(F)(F)F)c2)c1F. The van der Waals surface area contributed by atoms with Crippen LogP contribution in [0.1, 0.15) is 5.56 Å². The maximum absolute atomic E-state index is 14.0. The summed E-state index contributed by atoms with van der Waals surface area (Å²) in [4.78, 5) is 0. The highest BCUT2D eigenvalue weighted by atomic mass is 19.4. The van der Waals surface area contributed by atoms with Crippen molar-refractivity contribution in [2.45, 2.75) is 6.36 Å². The standard InChI is InChI=1S/C14H7F4NO2/c15-13-8(7-19)2-1-3-12(13)9-4-10(20)6-11(5-9)21-14(16,17)18/h1-6,20H. The normalized spacial score (nSPS) is 11.0. The monoisotopic (exact) mass is 297 g/mol. The van der Waals surface area contributed by atoms with E-state index in [0.717, 1.165) is 18.2 Å². The summed E-state index contributed by atoms with van der Waals surface area (Å²) in [6, 6.07) is 8.26. The molecule has 0 saturated heterocycles. The molecular formula is C14H7F4NO2. The van der Waals surface area contributed by atoms with Crippen molar-refractivity contribution < 1.29 is 27.4 Å². The molecule has 21 heavy (non-hydrogen) atoms. The fourth-order valence-electron chi connectivity index (χ4n) is 1.77. The maximum atomic E-state index is 14.0. The average Bonchev–Trinajstić information content (AvgIpc) is 2.36. The molecule has 2 rings (SSSR count). The number of aromatic hydroxyl groups is 1. The smallest absolute Gasteiger partial charge is 0.508 e. The summed E-state index contributed by atoms with van der Waals surface area (Å²) in [5.41, 5.74) is -0.407. The molecule has 2 aromatic carbocycles. The van der Waals surface area contributed by atoms with E-state index in [1.807, 2.05) is 0 Å². The molecule has 0 bridgehead atoms. The number of phenols is 1. The summed E-state index contributed by atoms with van der Waals surface area (Å²) in [6.45, 7) is 0. The third-order valence-electron chi connectivity index (χ3n) is 2.56. The first-order valence-corrected chi connectivity index (χ1v) is 5.59. The number of alkyl halides is 3. The van der Waals surface area contributed by atoms with Gasteiger partial charge in [-0.15, -0.1) is 13.2 Å². The van der Waals surface area contributed by atoms with Gasteiger partial charge in [0.05, 0.1) is 5.56 Å². The zero-order valence-corrected chi connectivity index (χ0v) is 10.3. The Morgan fingerprint density at radius 1 is 1.14 bits per heavy atom. The van der Waals surface area contributed by atoms with Crippen molar-refractivity contribution in [1.29, 1.82) is 5.26 Å². The largest absolute Gasteiger partial charge is 0.573 e. The first-order chi connectivity index (χ1) is 9.80. The maximum Gasteiger partial charge on any atom is 0.573 e. The van der Waals surface area contributed by atoms with Crippen LogP contribution in [0.4, 0.5) is 17.6 Å². The minimum absolute atomic E-state index is 0.0381. The highest BCUT2D eigenvalue weighted by molar-refractivity contribution is 5.69. The van der Waals surface area contributed by atoms with E-state index in [2.05, 4.69) is 4.74 Å². The molecule has 0 spiro atoms. The second kappa shape index (κ2) is 5.32. The van der Waals surface area contributed by atoms with Gasteiger partial charge in [0.25, 0.3) is 0 Å². The van der Waals surface area contributed by atoms with Crippen LogP contribution < -0.4 is 4.74 Å². The van der Waals surface area contributed by atoms with E-state index >= 15 is 0 Å². The van der Waals surface area contributed by atoms with E-state index in [4.69, 9.17) is 5.26 Å². The second-order valence-corrected chi connectivity index (χ2v) is 4.04. The van der Waals surface area contributed by atoms with Crippen LogP contribution in [0.5, 0.6) is 11.5 Å². The number of nitrogens with zero attached hydrogens (tertiary/aromatic N) is 1. The summed E-state index contributed by atoms with van der Waals surface area (Å²) >= 11 is 0. The molecular weight excluding hydrogens is 290 g/mol. The van der Waals surface area contributed by atoms with Crippen LogP contribution in [0.25, 0.3) is 11.1 Å². The van der Waals surface area contributed by atoms with Crippen molar-refractivity contribution in [1.82, 2.24) is 0 Å². The van der Waals surface area contributed by atoms with Gasteiger partial charge in [0.2, 0.25) is 0 Å². The molecule has 2 aromatic rings. The van der Waals surface area contributed by atoms with Gasteiger partial charge >= 0.3 is 6.36 Å². The van der Waals surface area contributed by atoms with Gasteiger partial charge in [0, 0.05) is 11.6 Å². The van der Waals surface area contributed by atoms with Crippen LogP contribution in [0.15, 0.2) is 36.4 Å². The van der Waals surface area contributed by atoms with Gasteiger partial charge < -0.3 is 9.84 Å². The Morgan fingerprint density at radius 3 is 2.48 bits per heavy atom. The molecule has 0 atom stereocenters. The lowest BCUT2D eigenvalue weighted by Gasteiger charge is -2.11. The van der Waals surface area contributed by atoms with E-state index in [0.29, 0.717) is 0 Å². The third kappa shape index (κ3) is 3.42. The van der Waals surface area contributed by atoms with Crippen molar-refractivity contribution in [2.75, 3.05) is 0 Å². The van der Waals surface area contributed by atoms with Gasteiger partial charge in [-0.25, -0.2) is 4.39 Å². The Kier molecular flexibility index (Phi) is 3.72. The van der Waals surface area contributed by atoms with Gasteiger partial charge in [-0.2, -0.15) is 5.26 Å². The Hall–Kier alpha value is -2.75. The molecule has 7 heteroatoms. The summed E-state index contributed by atoms with van der Waals surface area (Å²) < 4.78 is 54.2. The molecule has 3 nitrogen and oxygen atoms in total. The number of ether oxygens (including phenoxy) is 1. The van der Waals surface area contributed by atoms with Crippen LogP contribution in [0.3, 0.4) is 0 Å². The van der Waals surface area contributed by atoms with E-state index < -0.39 is 23.7 Å². The van der Waals surface area contributed by atoms with Gasteiger partial charge in [-0.3, -0.25) is 0 Å². The Bertz CT molecular complexity index is 720. The molecule has 1 N–H and O–H groups in total. The summed E-state index contributed by atoms with van der Waals surface area (Å²) in [5, 5.41) is 18.2. The van der Waals surface area contributed by atoms with Gasteiger partial charge in [0.15, 0.2) is 0 Å². The topological polar surface area (TPSA) is 53.2 Å². The van der Waals surface area contributed by atoms with E-state index in [-0.39, 0.29) is 16.7 Å². The minimum Gasteiger partial charge on any atom is -0.508 e. The number of halogens is 4. The Labute approximate surface area is 116 Å². The molecule has 0 unspecified atom stereocenters. The van der Waals surface area contributed by atoms with E-state index in [1.165, 1.54) is 18.2 Å². The summed E-state index contributed by atoms with van der Waals surface area (Å²) in [5.74, 6) is -2.09. The third-order valence-corrected chi connectivity index (χ3v) is 2.56. The lowest BCUT2D eigenvalue weighted by Crippen LogP contribution is -2.17. The van der Waals surface area contributed by atoms with Crippen molar-refractivity contribution in [2.24, 2.45) is 0 Å². The van der Waals surface area contributed by atoms with Crippen LogP contribution in [0.2, 0.25) is 0 Å². The summed E-state index contributed by atoms with van der Waals surface area (Å²) in [7, 11) is 0. The number of hydrogen-bond acceptors (Lipinski definition) is 3. The molecule has 0 aliphatic heterocycles. The first kappa shape index (κ1) is 14.7. The highest BCUT2D eigenvalue weighted by Crippen LogP contribution is 2.33. The van der Waals surface area contributed by atoms with Crippen molar-refractivity contribution >= 4 is 0 Å². The fourth-order valence-corrected chi connectivity index (χ4v) is 1.77. The molecule has 0 saturated carbocycles. The van der Waals surface area contributed by atoms with E-state index in [1.54, 1.807) is 6.07 Å². The van der Waals surface area contributed by atoms with Crippen molar-refractivity contribution in [3.05, 3.63) is 47.8 Å². The fraction of sp³-hybridized carbons (Fsp3) is 0.0714. The van der Waals surface area contributed by atoms with Crippen LogP contribution in [-0.2, 0) is 0 Å². The van der Waals surface area contributed by atoms with E-state index in [9.17, 15) is 22.7 Å². The predicted octanol–water partition coefficient (Wildman–Crippen LogP) is 3.97. The number of benzene rings is 2. The predicted molar refractivity (Wildman–Crippen MR) is 64.9 cm³/mol. The van der Waals surface area contributed by atoms with Crippen molar-refractivity contribution in [3.63, 3.8) is 0 Å². The lowest BCUT2D eigenvalue weighted by molar-refractivity contribution is -0.274. The average molecular weight is 297 g/mol. The zero-order valence-electron chi connectivity index (χ0n) is 10.3. The molecule has 0 radical (unpaired) electrons. The molecule has 0 aliphatic rings. The number of hydrogen-bond donors (Lipinski definition) is 1. The molecule has 0 amide bonds. The lowest BCUT2D eigenvalue weighted by atomic mass is 10.0. The van der Waals surface area contributed by atoms with Crippen LogP contribution in [-0.4, -0.2) is 11.5 Å². The van der Waals surface area contributed by atoms with Crippen LogP contribution in [0, 0.1) is 17.1 Å². The second-order valence-electron chi connectivity index (χ2n) is 4.04. The minimum atomic E-state index is -4.93. The quantitative estimate of drug-likeness (QED) is 0.853. The van der Waals surface area contributed by atoms with Gasteiger partial charge in [-0.1, -0.05) is 12.1 Å². The molecule has 0 heterocycles. The molecule has 0 fully saturated rings. The first-order valence-electron chi connectivity index (χ1n) is 5.59. The number of rotatable bonds is 2. The van der Waals surface area contributed by atoms with Crippen molar-refractivity contribution in [3.8, 4) is 28.7 Å².